The molecule has 1 rings (SSSR count). The molecule has 1 N–H and O–H groups in total. The van der Waals surface area contributed by atoms with Gasteiger partial charge in [-0.15, -0.1) is 0 Å². The molecule has 1 aromatic rings. The van der Waals surface area contributed by atoms with Gasteiger partial charge in [-0.25, -0.2) is 4.68 Å². The average molecular weight is 195 g/mol. The van der Waals surface area contributed by atoms with Crippen LogP contribution in [0, 0.1) is 0 Å². The number of hydrogen-bond acceptors (Lipinski definition) is 2. The highest BCUT2D eigenvalue weighted by Crippen LogP contribution is 2.12. The number of nitrogens with one attached hydrogen (secondary N) is 1. The summed E-state index contributed by atoms with van der Waals surface area (Å²) in [6, 6.07) is 2.46. The Hall–Kier alpha value is -0.990. The van der Waals surface area contributed by atoms with Crippen molar-refractivity contribution >= 4 is 5.82 Å². The minimum Gasteiger partial charge on any atom is -0.370 e. The number of anilines is 1. The van der Waals surface area contributed by atoms with Crippen molar-refractivity contribution in [2.45, 2.75) is 46.1 Å². The quantitative estimate of drug-likeness (QED) is 0.707. The number of rotatable bonds is 6. The van der Waals surface area contributed by atoms with E-state index in [0.717, 1.165) is 12.4 Å². The maximum absolute atomic E-state index is 4.27. The predicted octanol–water partition coefficient (Wildman–Crippen LogP) is 3.07. The zero-order chi connectivity index (χ0) is 10.4. The van der Waals surface area contributed by atoms with Gasteiger partial charge in [0.05, 0.1) is 6.20 Å². The topological polar surface area (TPSA) is 29.9 Å². The molecule has 0 bridgehead atoms. The zero-order valence-electron chi connectivity index (χ0n) is 9.45. The Labute approximate surface area is 86.5 Å². The van der Waals surface area contributed by atoms with Crippen LogP contribution in [0.4, 0.5) is 5.82 Å². The largest absolute Gasteiger partial charge is 0.370 e. The van der Waals surface area contributed by atoms with E-state index in [9.17, 15) is 0 Å². The predicted molar refractivity (Wildman–Crippen MR) is 60.6 cm³/mol. The van der Waals surface area contributed by atoms with Crippen molar-refractivity contribution in [3.05, 3.63) is 12.3 Å². The van der Waals surface area contributed by atoms with Crippen LogP contribution in [0.1, 0.15) is 46.1 Å². The van der Waals surface area contributed by atoms with Gasteiger partial charge in [0.15, 0.2) is 0 Å². The van der Waals surface area contributed by atoms with Gasteiger partial charge in [0.25, 0.3) is 0 Å². The summed E-state index contributed by atoms with van der Waals surface area (Å²) in [5.74, 6) is 1.14. The highest BCUT2D eigenvalue weighted by molar-refractivity contribution is 5.33. The van der Waals surface area contributed by atoms with Crippen LogP contribution in [-0.2, 0) is 0 Å². The first-order valence-corrected chi connectivity index (χ1v) is 5.53. The first-order chi connectivity index (χ1) is 6.75. The maximum Gasteiger partial charge on any atom is 0.124 e. The molecule has 1 aromatic heterocycles. The Kier molecular flexibility index (Phi) is 4.50. The van der Waals surface area contributed by atoms with Crippen molar-refractivity contribution < 1.29 is 0 Å². The summed E-state index contributed by atoms with van der Waals surface area (Å²) in [6.07, 6.45) is 5.65. The first kappa shape index (κ1) is 11.1. The van der Waals surface area contributed by atoms with E-state index in [1.165, 1.54) is 19.3 Å². The summed E-state index contributed by atoms with van der Waals surface area (Å²) < 4.78 is 2.02. The molecule has 80 valence electrons. The molecule has 0 aliphatic carbocycles. The van der Waals surface area contributed by atoms with E-state index in [0.29, 0.717) is 6.04 Å². The second-order valence-corrected chi connectivity index (χ2v) is 3.89. The van der Waals surface area contributed by atoms with E-state index in [1.54, 1.807) is 0 Å². The molecule has 0 saturated heterocycles. The third-order valence-corrected chi connectivity index (χ3v) is 2.25. The zero-order valence-corrected chi connectivity index (χ0v) is 9.45. The number of hydrogen-bond donors (Lipinski definition) is 1. The van der Waals surface area contributed by atoms with Gasteiger partial charge >= 0.3 is 0 Å². The van der Waals surface area contributed by atoms with Crippen molar-refractivity contribution in [2.75, 3.05) is 11.9 Å². The normalized spacial score (nSPS) is 10.9. The molecule has 0 amide bonds. The number of nitrogens with zero attached hydrogens (tertiary/aromatic N) is 2. The van der Waals surface area contributed by atoms with Crippen molar-refractivity contribution in [3.8, 4) is 0 Å². The van der Waals surface area contributed by atoms with Crippen LogP contribution in [0.2, 0.25) is 0 Å². The molecule has 3 heteroatoms. The van der Waals surface area contributed by atoms with Gasteiger partial charge in [0.2, 0.25) is 0 Å². The minimum absolute atomic E-state index is 0.429. The second-order valence-electron chi connectivity index (χ2n) is 3.89. The lowest BCUT2D eigenvalue weighted by Gasteiger charge is -2.12. The molecule has 1 heterocycles. The van der Waals surface area contributed by atoms with Crippen molar-refractivity contribution in [2.24, 2.45) is 0 Å². The third-order valence-electron chi connectivity index (χ3n) is 2.25. The maximum atomic E-state index is 4.27. The van der Waals surface area contributed by atoms with Gasteiger partial charge in [0, 0.05) is 18.7 Å². The third kappa shape index (κ3) is 3.05. The summed E-state index contributed by atoms with van der Waals surface area (Å²) in [6.45, 7) is 7.55. The Morgan fingerprint density at radius 2 is 2.21 bits per heavy atom. The van der Waals surface area contributed by atoms with E-state index in [2.05, 4.69) is 31.2 Å². The molecule has 0 aromatic carbocycles. The fraction of sp³-hybridized carbons (Fsp3) is 0.727. The summed E-state index contributed by atoms with van der Waals surface area (Å²) in [5, 5.41) is 7.68. The Bertz CT molecular complexity index is 253. The molecular weight excluding hydrogens is 174 g/mol. The van der Waals surface area contributed by atoms with Crippen LogP contribution in [0.3, 0.4) is 0 Å². The van der Waals surface area contributed by atoms with Gasteiger partial charge in [-0.05, 0) is 20.3 Å². The molecule has 0 aliphatic heterocycles. The SMILES string of the molecule is CCCCCNc1ccnn1C(C)C. The summed E-state index contributed by atoms with van der Waals surface area (Å²) in [5.41, 5.74) is 0. The highest BCUT2D eigenvalue weighted by atomic mass is 15.3. The lowest BCUT2D eigenvalue weighted by Crippen LogP contribution is -2.10. The standard InChI is InChI=1S/C11H21N3/c1-4-5-6-8-12-11-7-9-13-14(11)10(2)3/h7,9-10,12H,4-6,8H2,1-3H3. The van der Waals surface area contributed by atoms with Crippen molar-refractivity contribution in [1.29, 1.82) is 0 Å². The lowest BCUT2D eigenvalue weighted by atomic mass is 10.2. The summed E-state index contributed by atoms with van der Waals surface area (Å²) in [4.78, 5) is 0. The van der Waals surface area contributed by atoms with Crippen LogP contribution in [0.15, 0.2) is 12.3 Å². The fourth-order valence-electron chi connectivity index (χ4n) is 1.46. The van der Waals surface area contributed by atoms with Crippen LogP contribution >= 0.6 is 0 Å². The van der Waals surface area contributed by atoms with Crippen LogP contribution in [0.25, 0.3) is 0 Å². The Morgan fingerprint density at radius 3 is 2.86 bits per heavy atom. The van der Waals surface area contributed by atoms with Gasteiger partial charge in [-0.2, -0.15) is 5.10 Å². The van der Waals surface area contributed by atoms with E-state index in [-0.39, 0.29) is 0 Å². The molecule has 0 saturated carbocycles. The second kappa shape index (κ2) is 5.68. The van der Waals surface area contributed by atoms with E-state index in [1.807, 2.05) is 16.9 Å². The molecule has 14 heavy (non-hydrogen) atoms. The Balaban J connectivity index is 2.38. The van der Waals surface area contributed by atoms with E-state index < -0.39 is 0 Å². The number of unbranched alkanes of at least 4 members (excludes halogenated alkanes) is 2. The molecular formula is C11H21N3. The fourth-order valence-corrected chi connectivity index (χ4v) is 1.46. The lowest BCUT2D eigenvalue weighted by molar-refractivity contribution is 0.537. The summed E-state index contributed by atoms with van der Waals surface area (Å²) >= 11 is 0. The van der Waals surface area contributed by atoms with Crippen molar-refractivity contribution in [3.63, 3.8) is 0 Å². The smallest absolute Gasteiger partial charge is 0.124 e. The molecule has 0 atom stereocenters. The molecule has 0 radical (unpaired) electrons. The van der Waals surface area contributed by atoms with Crippen LogP contribution in [0.5, 0.6) is 0 Å². The molecule has 0 spiro atoms. The van der Waals surface area contributed by atoms with E-state index in [4.69, 9.17) is 0 Å². The van der Waals surface area contributed by atoms with Gasteiger partial charge in [0.1, 0.15) is 5.82 Å². The average Bonchev–Trinajstić information content (AvgIpc) is 2.60. The Morgan fingerprint density at radius 1 is 1.43 bits per heavy atom. The molecule has 0 fully saturated rings. The van der Waals surface area contributed by atoms with Crippen LogP contribution in [-0.4, -0.2) is 16.3 Å². The minimum atomic E-state index is 0.429. The monoisotopic (exact) mass is 195 g/mol. The molecule has 3 nitrogen and oxygen atoms in total. The van der Waals surface area contributed by atoms with Crippen molar-refractivity contribution in [1.82, 2.24) is 9.78 Å². The first-order valence-electron chi connectivity index (χ1n) is 5.53. The highest BCUT2D eigenvalue weighted by Gasteiger charge is 2.03. The summed E-state index contributed by atoms with van der Waals surface area (Å²) in [7, 11) is 0. The van der Waals surface area contributed by atoms with E-state index >= 15 is 0 Å². The van der Waals surface area contributed by atoms with Crippen LogP contribution < -0.4 is 5.32 Å². The number of aromatic nitrogens is 2. The van der Waals surface area contributed by atoms with Gasteiger partial charge in [-0.1, -0.05) is 19.8 Å². The molecule has 0 aliphatic rings. The molecule has 0 unspecified atom stereocenters. The van der Waals surface area contributed by atoms with Gasteiger partial charge in [-0.3, -0.25) is 0 Å². The van der Waals surface area contributed by atoms with Gasteiger partial charge < -0.3 is 5.32 Å².